The number of carbonyl (C=O) groups is 2. The number of nitrogens with zero attached hydrogens (tertiary/aromatic N) is 2. The third kappa shape index (κ3) is 6.44. The van der Waals surface area contributed by atoms with Gasteiger partial charge >= 0.3 is 0 Å². The maximum atomic E-state index is 11.8. The second kappa shape index (κ2) is 9.42. The Balaban J connectivity index is 1.77. The second-order valence-corrected chi connectivity index (χ2v) is 6.12. The molecule has 0 aliphatic carbocycles. The van der Waals surface area contributed by atoms with E-state index in [2.05, 4.69) is 31.8 Å². The highest BCUT2D eigenvalue weighted by Gasteiger charge is 2.09. The summed E-state index contributed by atoms with van der Waals surface area (Å²) in [5, 5.41) is 17.0. The summed E-state index contributed by atoms with van der Waals surface area (Å²) in [6, 6.07) is 13.0. The monoisotopic (exact) mass is 418 g/mol. The van der Waals surface area contributed by atoms with Gasteiger partial charge in [-0.15, -0.1) is 0 Å². The molecule has 2 aromatic carbocycles. The maximum Gasteiger partial charge on any atom is 0.271 e. The van der Waals surface area contributed by atoms with E-state index in [0.29, 0.717) is 5.69 Å². The Kier molecular flexibility index (Phi) is 6.98. The number of nitrogens with one attached hydrogen (secondary N) is 2. The first-order valence-corrected chi connectivity index (χ1v) is 8.35. The largest absolute Gasteiger partial charge is 0.326 e. The van der Waals surface area contributed by atoms with Crippen LogP contribution in [0.5, 0.6) is 0 Å². The fourth-order valence-electron chi connectivity index (χ4n) is 1.97. The first kappa shape index (κ1) is 19.3. The highest BCUT2D eigenvalue weighted by atomic mass is 79.9. The molecule has 2 amide bonds. The molecule has 0 heterocycles. The Bertz CT molecular complexity index is 854. The fourth-order valence-corrected chi connectivity index (χ4v) is 2.39. The van der Waals surface area contributed by atoms with Gasteiger partial charge in [0, 0.05) is 35.1 Å². The van der Waals surface area contributed by atoms with Crippen LogP contribution in [0, 0.1) is 10.1 Å². The number of halogens is 1. The van der Waals surface area contributed by atoms with Gasteiger partial charge in [-0.3, -0.25) is 19.7 Å². The summed E-state index contributed by atoms with van der Waals surface area (Å²) in [7, 11) is 0. The summed E-state index contributed by atoms with van der Waals surface area (Å²) < 4.78 is 0.894. The van der Waals surface area contributed by atoms with Gasteiger partial charge in [0.25, 0.3) is 5.69 Å². The molecule has 134 valence electrons. The molecular weight excluding hydrogens is 404 g/mol. The van der Waals surface area contributed by atoms with Crippen molar-refractivity contribution < 1.29 is 14.5 Å². The predicted octanol–water partition coefficient (Wildman–Crippen LogP) is 3.23. The molecule has 0 atom stereocenters. The lowest BCUT2D eigenvalue weighted by Gasteiger charge is -2.04. The Morgan fingerprint density at radius 2 is 1.85 bits per heavy atom. The van der Waals surface area contributed by atoms with Gasteiger partial charge in [-0.1, -0.05) is 34.1 Å². The quantitative estimate of drug-likeness (QED) is 0.408. The molecule has 26 heavy (non-hydrogen) atoms. The molecule has 0 saturated heterocycles. The molecule has 0 aliphatic heterocycles. The summed E-state index contributed by atoms with van der Waals surface area (Å²) in [5.74, 6) is -0.831. The fraction of sp³-hybridized carbons (Fsp3) is 0.118. The average Bonchev–Trinajstić information content (AvgIpc) is 2.60. The van der Waals surface area contributed by atoms with E-state index in [1.165, 1.54) is 30.5 Å². The summed E-state index contributed by atoms with van der Waals surface area (Å²) in [6.45, 7) is 0. The van der Waals surface area contributed by atoms with E-state index in [4.69, 9.17) is 0 Å². The highest BCUT2D eigenvalue weighted by molar-refractivity contribution is 9.10. The molecule has 0 bridgehead atoms. The van der Waals surface area contributed by atoms with E-state index in [0.717, 1.165) is 10.0 Å². The molecule has 0 radical (unpaired) electrons. The van der Waals surface area contributed by atoms with Crippen LogP contribution in [-0.4, -0.2) is 23.0 Å². The van der Waals surface area contributed by atoms with Crippen LogP contribution >= 0.6 is 15.9 Å². The number of amides is 2. The maximum absolute atomic E-state index is 11.8. The number of carbonyl (C=O) groups excluding carboxylic acids is 2. The van der Waals surface area contributed by atoms with Crippen LogP contribution in [0.15, 0.2) is 58.1 Å². The molecule has 2 aromatic rings. The van der Waals surface area contributed by atoms with Crippen molar-refractivity contribution in [2.24, 2.45) is 5.10 Å². The highest BCUT2D eigenvalue weighted by Crippen LogP contribution is 2.17. The SMILES string of the molecule is O=C(CCC(=O)Nc1cccc([N+](=O)[O-])c1)N/N=C\c1cccc(Br)c1. The molecule has 9 heteroatoms. The van der Waals surface area contributed by atoms with Crippen molar-refractivity contribution in [3.05, 3.63) is 68.7 Å². The molecule has 0 aliphatic rings. The molecule has 0 aromatic heterocycles. The lowest BCUT2D eigenvalue weighted by Crippen LogP contribution is -2.20. The molecule has 2 rings (SSSR count). The van der Waals surface area contributed by atoms with Gasteiger partial charge in [0.2, 0.25) is 11.8 Å². The zero-order valence-corrected chi connectivity index (χ0v) is 15.1. The Labute approximate surface area is 157 Å². The van der Waals surface area contributed by atoms with E-state index in [-0.39, 0.29) is 18.5 Å². The van der Waals surface area contributed by atoms with Crippen molar-refractivity contribution in [1.82, 2.24) is 5.43 Å². The van der Waals surface area contributed by atoms with Gasteiger partial charge in [0.15, 0.2) is 0 Å². The van der Waals surface area contributed by atoms with Gasteiger partial charge in [-0.05, 0) is 23.8 Å². The van der Waals surface area contributed by atoms with Crippen LogP contribution in [0.1, 0.15) is 18.4 Å². The molecule has 0 fully saturated rings. The van der Waals surface area contributed by atoms with Crippen LogP contribution in [-0.2, 0) is 9.59 Å². The van der Waals surface area contributed by atoms with Crippen LogP contribution in [0.3, 0.4) is 0 Å². The molecular formula is C17H15BrN4O4. The van der Waals surface area contributed by atoms with Gasteiger partial charge in [0.1, 0.15) is 0 Å². The van der Waals surface area contributed by atoms with Crippen LogP contribution in [0.25, 0.3) is 0 Å². The summed E-state index contributed by atoms with van der Waals surface area (Å²) in [4.78, 5) is 33.7. The lowest BCUT2D eigenvalue weighted by molar-refractivity contribution is -0.384. The number of nitro benzene ring substituents is 1. The van der Waals surface area contributed by atoms with Crippen molar-refractivity contribution in [2.45, 2.75) is 12.8 Å². The minimum absolute atomic E-state index is 0.0589. The van der Waals surface area contributed by atoms with Crippen LogP contribution < -0.4 is 10.7 Å². The smallest absolute Gasteiger partial charge is 0.271 e. The van der Waals surface area contributed by atoms with Crippen molar-refractivity contribution in [2.75, 3.05) is 5.32 Å². The standard InChI is InChI=1S/C17H15BrN4O4/c18-13-4-1-3-12(9-13)11-19-21-17(24)8-7-16(23)20-14-5-2-6-15(10-14)22(25)26/h1-6,9-11H,7-8H2,(H,20,23)(H,21,24)/b19-11-. The number of hydrogen-bond donors (Lipinski definition) is 2. The number of benzene rings is 2. The zero-order chi connectivity index (χ0) is 18.9. The van der Waals surface area contributed by atoms with Crippen molar-refractivity contribution in [3.63, 3.8) is 0 Å². The van der Waals surface area contributed by atoms with Crippen molar-refractivity contribution in [1.29, 1.82) is 0 Å². The lowest BCUT2D eigenvalue weighted by atomic mass is 10.2. The third-order valence-corrected chi connectivity index (χ3v) is 3.66. The topological polar surface area (TPSA) is 114 Å². The summed E-state index contributed by atoms with van der Waals surface area (Å²) >= 11 is 3.33. The average molecular weight is 419 g/mol. The Hall–Kier alpha value is -3.07. The minimum atomic E-state index is -0.549. The van der Waals surface area contributed by atoms with E-state index in [9.17, 15) is 19.7 Å². The van der Waals surface area contributed by atoms with Crippen LogP contribution in [0.2, 0.25) is 0 Å². The van der Waals surface area contributed by atoms with Gasteiger partial charge in [-0.2, -0.15) is 5.10 Å². The number of nitro groups is 1. The zero-order valence-electron chi connectivity index (χ0n) is 13.5. The van der Waals surface area contributed by atoms with Gasteiger partial charge in [0.05, 0.1) is 11.1 Å². The third-order valence-electron chi connectivity index (χ3n) is 3.17. The molecule has 0 saturated carbocycles. The van der Waals surface area contributed by atoms with Crippen molar-refractivity contribution >= 4 is 45.3 Å². The Morgan fingerprint density at radius 3 is 2.58 bits per heavy atom. The minimum Gasteiger partial charge on any atom is -0.326 e. The molecule has 8 nitrogen and oxygen atoms in total. The normalized spacial score (nSPS) is 10.5. The predicted molar refractivity (Wildman–Crippen MR) is 101 cm³/mol. The number of hydrogen-bond acceptors (Lipinski definition) is 5. The molecule has 2 N–H and O–H groups in total. The number of anilines is 1. The first-order chi connectivity index (χ1) is 12.4. The number of non-ortho nitro benzene ring substituents is 1. The molecule has 0 unspecified atom stereocenters. The van der Waals surface area contributed by atoms with E-state index in [1.54, 1.807) is 0 Å². The van der Waals surface area contributed by atoms with E-state index < -0.39 is 16.7 Å². The van der Waals surface area contributed by atoms with Crippen molar-refractivity contribution in [3.8, 4) is 0 Å². The van der Waals surface area contributed by atoms with Crippen LogP contribution in [0.4, 0.5) is 11.4 Å². The first-order valence-electron chi connectivity index (χ1n) is 7.56. The molecule has 0 spiro atoms. The number of rotatable bonds is 7. The second-order valence-electron chi connectivity index (χ2n) is 5.20. The van der Waals surface area contributed by atoms with Gasteiger partial charge in [-0.25, -0.2) is 5.43 Å². The van der Waals surface area contributed by atoms with E-state index >= 15 is 0 Å². The summed E-state index contributed by atoms with van der Waals surface area (Å²) in [6.07, 6.45) is 1.36. The number of hydrazone groups is 1. The van der Waals surface area contributed by atoms with Gasteiger partial charge < -0.3 is 5.32 Å². The van der Waals surface area contributed by atoms with E-state index in [1.807, 2.05) is 24.3 Å². The summed E-state index contributed by atoms with van der Waals surface area (Å²) in [5.41, 5.74) is 3.33. The Morgan fingerprint density at radius 1 is 1.12 bits per heavy atom.